The minimum atomic E-state index is -0.214. The van der Waals surface area contributed by atoms with Gasteiger partial charge in [0.05, 0.1) is 18.1 Å². The van der Waals surface area contributed by atoms with Crippen molar-refractivity contribution in [2.24, 2.45) is 0 Å². The first kappa shape index (κ1) is 21.7. The summed E-state index contributed by atoms with van der Waals surface area (Å²) in [4.78, 5) is 17.2. The number of nitrogens with one attached hydrogen (secondary N) is 1. The van der Waals surface area contributed by atoms with Crippen LogP contribution in [0, 0.1) is 0 Å². The van der Waals surface area contributed by atoms with E-state index in [4.69, 9.17) is 16.3 Å². The number of rotatable bonds is 3. The van der Waals surface area contributed by atoms with E-state index in [1.165, 1.54) is 5.70 Å². The maximum Gasteiger partial charge on any atom is 0.226 e. The first-order valence-corrected chi connectivity index (χ1v) is 11.3. The van der Waals surface area contributed by atoms with E-state index in [1.807, 2.05) is 35.4 Å². The van der Waals surface area contributed by atoms with Crippen LogP contribution in [0.15, 0.2) is 72.7 Å². The van der Waals surface area contributed by atoms with E-state index in [9.17, 15) is 4.79 Å². The van der Waals surface area contributed by atoms with Crippen LogP contribution in [0.4, 0.5) is 0 Å². The number of fused-ring (bicyclic) bond motifs is 2. The zero-order valence-electron chi connectivity index (χ0n) is 18.0. The van der Waals surface area contributed by atoms with Gasteiger partial charge in [-0.15, -0.1) is 0 Å². The van der Waals surface area contributed by atoms with Crippen molar-refractivity contribution in [2.45, 2.75) is 37.3 Å². The molecule has 1 aromatic rings. The average molecular weight is 440 g/mol. The van der Waals surface area contributed by atoms with Gasteiger partial charge in [0.15, 0.2) is 0 Å². The summed E-state index contributed by atoms with van der Waals surface area (Å²) in [5, 5.41) is 4.36. The van der Waals surface area contributed by atoms with Crippen molar-refractivity contribution in [3.8, 4) is 0 Å². The summed E-state index contributed by atoms with van der Waals surface area (Å²) in [6, 6.07) is 7.55. The number of hydrogen-bond donors (Lipinski definition) is 1. The van der Waals surface area contributed by atoms with E-state index in [-0.39, 0.29) is 17.6 Å². The first-order chi connectivity index (χ1) is 15.1. The SMILES string of the molecule is COC1/C=C/NC2(CCN(C(=O)Cc3cccc(Cl)c3)CC2)C2=CC=CCN2/C=C/C1. The van der Waals surface area contributed by atoms with Gasteiger partial charge in [-0.05, 0) is 55.3 Å². The second-order valence-electron chi connectivity index (χ2n) is 8.30. The Morgan fingerprint density at radius 1 is 1.29 bits per heavy atom. The number of carbonyl (C=O) groups is 1. The van der Waals surface area contributed by atoms with Gasteiger partial charge in [0, 0.05) is 43.7 Å². The fraction of sp³-hybridized carbons (Fsp3) is 0.400. The van der Waals surface area contributed by atoms with Crippen molar-refractivity contribution in [3.05, 3.63) is 83.3 Å². The molecule has 3 heterocycles. The maximum atomic E-state index is 12.9. The number of methoxy groups -OCH3 is 1. The monoisotopic (exact) mass is 439 g/mol. The lowest BCUT2D eigenvalue weighted by Crippen LogP contribution is -2.57. The molecule has 1 fully saturated rings. The molecule has 1 unspecified atom stereocenters. The highest BCUT2D eigenvalue weighted by molar-refractivity contribution is 6.30. The van der Waals surface area contributed by atoms with Crippen molar-refractivity contribution in [2.75, 3.05) is 26.7 Å². The summed E-state index contributed by atoms with van der Waals surface area (Å²) < 4.78 is 5.56. The van der Waals surface area contributed by atoms with E-state index in [2.05, 4.69) is 46.8 Å². The summed E-state index contributed by atoms with van der Waals surface area (Å²) in [5.74, 6) is 0.154. The minimum Gasteiger partial charge on any atom is -0.380 e. The fourth-order valence-corrected chi connectivity index (χ4v) is 4.75. The number of nitrogens with zero attached hydrogens (tertiary/aromatic N) is 2. The number of allylic oxidation sites excluding steroid dienone is 2. The lowest BCUT2D eigenvalue weighted by molar-refractivity contribution is -0.132. The molecule has 1 amide bonds. The van der Waals surface area contributed by atoms with Crippen molar-refractivity contribution in [1.29, 1.82) is 0 Å². The van der Waals surface area contributed by atoms with Crippen molar-refractivity contribution >= 4 is 17.5 Å². The zero-order valence-corrected chi connectivity index (χ0v) is 18.7. The number of hydrogen-bond acceptors (Lipinski definition) is 4. The van der Waals surface area contributed by atoms with Crippen LogP contribution < -0.4 is 5.32 Å². The Bertz CT molecular complexity index is 913. The molecule has 0 saturated carbocycles. The number of halogens is 1. The zero-order chi connectivity index (χ0) is 21.7. The van der Waals surface area contributed by atoms with Crippen LogP contribution in [0.1, 0.15) is 24.8 Å². The smallest absolute Gasteiger partial charge is 0.226 e. The molecule has 6 heteroatoms. The van der Waals surface area contributed by atoms with E-state index >= 15 is 0 Å². The van der Waals surface area contributed by atoms with Crippen molar-refractivity contribution < 1.29 is 9.53 Å². The van der Waals surface area contributed by atoms with Crippen LogP contribution in [0.25, 0.3) is 0 Å². The van der Waals surface area contributed by atoms with Crippen LogP contribution in [-0.4, -0.2) is 54.1 Å². The second kappa shape index (κ2) is 9.75. The van der Waals surface area contributed by atoms with Gasteiger partial charge in [-0.1, -0.05) is 42.0 Å². The average Bonchev–Trinajstić information content (AvgIpc) is 2.78. The topological polar surface area (TPSA) is 44.8 Å². The predicted molar refractivity (Wildman–Crippen MR) is 124 cm³/mol. The Morgan fingerprint density at radius 2 is 2.13 bits per heavy atom. The fourth-order valence-electron chi connectivity index (χ4n) is 4.54. The van der Waals surface area contributed by atoms with Crippen LogP contribution in [0.2, 0.25) is 5.02 Å². The Balaban J connectivity index is 1.50. The molecule has 0 aliphatic carbocycles. The van der Waals surface area contributed by atoms with Crippen LogP contribution in [0.3, 0.4) is 0 Å². The number of amides is 1. The molecule has 5 nitrogen and oxygen atoms in total. The lowest BCUT2D eigenvalue weighted by atomic mass is 9.82. The number of carbonyl (C=O) groups excluding carboxylic acids is 1. The Kier molecular flexibility index (Phi) is 6.83. The summed E-state index contributed by atoms with van der Waals surface area (Å²) >= 11 is 6.08. The number of ether oxygens (including phenoxy) is 1. The molecule has 4 rings (SSSR count). The van der Waals surface area contributed by atoms with Crippen molar-refractivity contribution in [1.82, 2.24) is 15.1 Å². The predicted octanol–water partition coefficient (Wildman–Crippen LogP) is 4.04. The highest BCUT2D eigenvalue weighted by atomic mass is 35.5. The van der Waals surface area contributed by atoms with E-state index < -0.39 is 0 Å². The summed E-state index contributed by atoms with van der Waals surface area (Å²) in [5.41, 5.74) is 2.00. The highest BCUT2D eigenvalue weighted by Crippen LogP contribution is 2.34. The molecule has 0 aromatic heterocycles. The largest absolute Gasteiger partial charge is 0.380 e. The summed E-state index contributed by atoms with van der Waals surface area (Å²) in [6.45, 7) is 2.28. The van der Waals surface area contributed by atoms with Gasteiger partial charge in [0.2, 0.25) is 5.91 Å². The quantitative estimate of drug-likeness (QED) is 0.772. The molecule has 31 heavy (non-hydrogen) atoms. The molecule has 3 aliphatic rings. The lowest BCUT2D eigenvalue weighted by Gasteiger charge is -2.47. The van der Waals surface area contributed by atoms with Crippen LogP contribution >= 0.6 is 11.6 Å². The van der Waals surface area contributed by atoms with Gasteiger partial charge in [0.25, 0.3) is 0 Å². The molecule has 3 aliphatic heterocycles. The summed E-state index contributed by atoms with van der Waals surface area (Å²) in [7, 11) is 1.74. The normalized spacial score (nSPS) is 24.7. The van der Waals surface area contributed by atoms with Gasteiger partial charge in [-0.25, -0.2) is 0 Å². The van der Waals surface area contributed by atoms with Crippen LogP contribution in [0.5, 0.6) is 0 Å². The molecule has 1 N–H and O–H groups in total. The van der Waals surface area contributed by atoms with Crippen molar-refractivity contribution in [3.63, 3.8) is 0 Å². The number of benzene rings is 1. The van der Waals surface area contributed by atoms with Gasteiger partial charge in [0.1, 0.15) is 0 Å². The van der Waals surface area contributed by atoms with Crippen LogP contribution in [-0.2, 0) is 16.0 Å². The maximum absolute atomic E-state index is 12.9. The minimum absolute atomic E-state index is 0.0472. The Labute approximate surface area is 189 Å². The van der Waals surface area contributed by atoms with Gasteiger partial charge < -0.3 is 19.9 Å². The molecule has 0 radical (unpaired) electrons. The number of piperidine rings is 1. The third kappa shape index (κ3) is 5.05. The highest BCUT2D eigenvalue weighted by Gasteiger charge is 2.40. The van der Waals surface area contributed by atoms with E-state index in [0.717, 1.165) is 31.4 Å². The Hall–Kier alpha value is -2.50. The third-order valence-corrected chi connectivity index (χ3v) is 6.57. The molecule has 0 bridgehead atoms. The summed E-state index contributed by atoms with van der Waals surface area (Å²) in [6.07, 6.45) is 17.9. The standard InChI is InChI=1S/C25H30ClN3O2/c1-31-22-8-5-15-28-14-3-2-9-23(28)25(27-13-10-22)11-16-29(17-12-25)24(30)19-20-6-4-7-21(26)18-20/h2-7,9-10,13,15,18,22,27H,8,11-12,14,16-17,19H2,1H3/b13-10+,15-5+. The van der Waals surface area contributed by atoms with Gasteiger partial charge in [-0.2, -0.15) is 0 Å². The Morgan fingerprint density at radius 3 is 2.90 bits per heavy atom. The molecular formula is C25H30ClN3O2. The third-order valence-electron chi connectivity index (χ3n) is 6.33. The van der Waals surface area contributed by atoms with E-state index in [0.29, 0.717) is 24.5 Å². The molecule has 1 atom stereocenters. The number of likely N-dealkylation sites (tertiary alicyclic amines) is 1. The van der Waals surface area contributed by atoms with E-state index in [1.54, 1.807) is 7.11 Å². The molecular weight excluding hydrogens is 410 g/mol. The molecule has 1 aromatic carbocycles. The van der Waals surface area contributed by atoms with Gasteiger partial charge >= 0.3 is 0 Å². The molecule has 164 valence electrons. The molecule has 1 spiro atoms. The second-order valence-corrected chi connectivity index (χ2v) is 8.74. The molecule has 1 saturated heterocycles. The van der Waals surface area contributed by atoms with Gasteiger partial charge in [-0.3, -0.25) is 4.79 Å². The first-order valence-electron chi connectivity index (χ1n) is 10.9.